The highest BCUT2D eigenvalue weighted by molar-refractivity contribution is 7.99. The van der Waals surface area contributed by atoms with Gasteiger partial charge in [0.15, 0.2) is 0 Å². The molecule has 0 radical (unpaired) electrons. The summed E-state index contributed by atoms with van der Waals surface area (Å²) < 4.78 is 0. The molecule has 74 valence electrons. The first-order chi connectivity index (χ1) is 6.22. The molecule has 0 aliphatic rings. The van der Waals surface area contributed by atoms with Crippen molar-refractivity contribution in [3.8, 4) is 0 Å². The zero-order chi connectivity index (χ0) is 9.68. The van der Waals surface area contributed by atoms with Gasteiger partial charge in [0.25, 0.3) is 0 Å². The van der Waals surface area contributed by atoms with Crippen molar-refractivity contribution in [2.45, 2.75) is 18.5 Å². The Balaban J connectivity index is 2.28. The third-order valence-electron chi connectivity index (χ3n) is 1.62. The first-order valence-electron chi connectivity index (χ1n) is 4.41. The van der Waals surface area contributed by atoms with Crippen LogP contribution in [-0.2, 0) is 6.42 Å². The number of H-pyrrole nitrogens is 1. The molecule has 5 heteroatoms. The Morgan fingerprint density at radius 1 is 1.46 bits per heavy atom. The van der Waals surface area contributed by atoms with E-state index in [1.165, 1.54) is 0 Å². The van der Waals surface area contributed by atoms with Gasteiger partial charge in [0.2, 0.25) is 5.16 Å². The predicted molar refractivity (Wildman–Crippen MR) is 55.0 cm³/mol. The van der Waals surface area contributed by atoms with Crippen LogP contribution in [0.1, 0.15) is 12.7 Å². The molecule has 13 heavy (non-hydrogen) atoms. The summed E-state index contributed by atoms with van der Waals surface area (Å²) in [6, 6.07) is 0. The van der Waals surface area contributed by atoms with Crippen molar-refractivity contribution in [2.75, 3.05) is 26.4 Å². The number of nitrogens with zero attached hydrogens (tertiary/aromatic N) is 3. The van der Waals surface area contributed by atoms with Crippen LogP contribution in [-0.4, -0.2) is 46.5 Å². The molecule has 0 spiro atoms. The van der Waals surface area contributed by atoms with Crippen LogP contribution in [0.15, 0.2) is 5.16 Å². The Bertz CT molecular complexity index is 246. The first-order valence-corrected chi connectivity index (χ1v) is 5.39. The Kier molecular flexibility index (Phi) is 4.24. The van der Waals surface area contributed by atoms with Crippen molar-refractivity contribution < 1.29 is 0 Å². The number of rotatable bonds is 5. The molecular weight excluding hydrogens is 184 g/mol. The van der Waals surface area contributed by atoms with E-state index in [9.17, 15) is 0 Å². The Labute approximate surface area is 83.1 Å². The second kappa shape index (κ2) is 5.24. The van der Waals surface area contributed by atoms with Gasteiger partial charge in [-0.15, -0.1) is 5.10 Å². The van der Waals surface area contributed by atoms with E-state index < -0.39 is 0 Å². The highest BCUT2D eigenvalue weighted by atomic mass is 32.2. The molecule has 1 rings (SSSR count). The van der Waals surface area contributed by atoms with E-state index >= 15 is 0 Å². The molecule has 4 nitrogen and oxygen atoms in total. The van der Waals surface area contributed by atoms with Gasteiger partial charge in [0, 0.05) is 18.7 Å². The van der Waals surface area contributed by atoms with Crippen LogP contribution in [0.5, 0.6) is 0 Å². The lowest BCUT2D eigenvalue weighted by Crippen LogP contribution is -2.14. The summed E-state index contributed by atoms with van der Waals surface area (Å²) in [6.07, 6.45) is 0.918. The highest BCUT2D eigenvalue weighted by Crippen LogP contribution is 2.11. The number of nitrogens with one attached hydrogen (secondary N) is 1. The van der Waals surface area contributed by atoms with Crippen LogP contribution in [0.4, 0.5) is 0 Å². The number of hydrogen-bond acceptors (Lipinski definition) is 4. The maximum Gasteiger partial charge on any atom is 0.208 e. The van der Waals surface area contributed by atoms with Crippen LogP contribution in [0.2, 0.25) is 0 Å². The van der Waals surface area contributed by atoms with Crippen LogP contribution in [0.3, 0.4) is 0 Å². The molecule has 0 aromatic carbocycles. The second-order valence-corrected chi connectivity index (χ2v) is 4.13. The maximum atomic E-state index is 4.30. The molecule has 0 saturated heterocycles. The minimum absolute atomic E-state index is 0.860. The van der Waals surface area contributed by atoms with E-state index in [0.29, 0.717) is 0 Å². The molecule has 1 N–H and O–H groups in total. The monoisotopic (exact) mass is 200 g/mol. The van der Waals surface area contributed by atoms with Gasteiger partial charge in [-0.2, -0.15) is 0 Å². The summed E-state index contributed by atoms with van der Waals surface area (Å²) in [5.74, 6) is 2.00. The minimum atomic E-state index is 0.860. The number of aromatic nitrogens is 3. The SMILES string of the molecule is CCc1nc(SCCN(C)C)n[nH]1. The fraction of sp³-hybridized carbons (Fsp3) is 0.750. The molecule has 1 aromatic heterocycles. The fourth-order valence-electron chi connectivity index (χ4n) is 0.820. The molecular formula is C8H16N4S. The van der Waals surface area contributed by atoms with Crippen molar-refractivity contribution in [1.29, 1.82) is 0 Å². The summed E-state index contributed by atoms with van der Waals surface area (Å²) in [5, 5.41) is 7.85. The topological polar surface area (TPSA) is 44.8 Å². The Morgan fingerprint density at radius 2 is 2.23 bits per heavy atom. The van der Waals surface area contributed by atoms with Crippen molar-refractivity contribution in [3.63, 3.8) is 0 Å². The standard InChI is InChI=1S/C8H16N4S/c1-4-7-9-8(11-10-7)13-6-5-12(2)3/h4-6H2,1-3H3,(H,9,10,11). The average Bonchev–Trinajstić information content (AvgIpc) is 2.52. The van der Waals surface area contributed by atoms with Crippen LogP contribution in [0, 0.1) is 0 Å². The van der Waals surface area contributed by atoms with Gasteiger partial charge in [-0.3, -0.25) is 5.10 Å². The number of aromatic amines is 1. The molecule has 0 aliphatic carbocycles. The number of hydrogen-bond donors (Lipinski definition) is 1. The van der Waals surface area contributed by atoms with E-state index in [4.69, 9.17) is 0 Å². The number of aryl methyl sites for hydroxylation is 1. The molecule has 0 bridgehead atoms. The van der Waals surface area contributed by atoms with Gasteiger partial charge in [0.05, 0.1) is 0 Å². The molecule has 0 fully saturated rings. The van der Waals surface area contributed by atoms with Crippen LogP contribution >= 0.6 is 11.8 Å². The van der Waals surface area contributed by atoms with Gasteiger partial charge in [-0.25, -0.2) is 4.98 Å². The lowest BCUT2D eigenvalue weighted by molar-refractivity contribution is 0.437. The second-order valence-electron chi connectivity index (χ2n) is 3.07. The highest BCUT2D eigenvalue weighted by Gasteiger charge is 2.01. The zero-order valence-corrected chi connectivity index (χ0v) is 9.19. The quantitative estimate of drug-likeness (QED) is 0.721. The van der Waals surface area contributed by atoms with Crippen molar-refractivity contribution in [3.05, 3.63) is 5.82 Å². The van der Waals surface area contributed by atoms with E-state index in [-0.39, 0.29) is 0 Å². The van der Waals surface area contributed by atoms with Gasteiger partial charge in [-0.05, 0) is 14.1 Å². The molecule has 0 amide bonds. The summed E-state index contributed by atoms with van der Waals surface area (Å²) in [4.78, 5) is 6.46. The zero-order valence-electron chi connectivity index (χ0n) is 8.37. The van der Waals surface area contributed by atoms with E-state index in [1.54, 1.807) is 11.8 Å². The molecule has 1 heterocycles. The molecule has 0 aliphatic heterocycles. The average molecular weight is 200 g/mol. The number of thioether (sulfide) groups is 1. The van der Waals surface area contributed by atoms with Gasteiger partial charge >= 0.3 is 0 Å². The summed E-state index contributed by atoms with van der Waals surface area (Å²) >= 11 is 1.69. The van der Waals surface area contributed by atoms with E-state index in [0.717, 1.165) is 29.7 Å². The first kappa shape index (κ1) is 10.5. The van der Waals surface area contributed by atoms with E-state index in [1.807, 2.05) is 0 Å². The van der Waals surface area contributed by atoms with Crippen LogP contribution in [0.25, 0.3) is 0 Å². The summed E-state index contributed by atoms with van der Waals surface area (Å²) in [7, 11) is 4.13. The maximum absolute atomic E-state index is 4.30. The lowest BCUT2D eigenvalue weighted by atomic mass is 10.5. The van der Waals surface area contributed by atoms with Gasteiger partial charge < -0.3 is 4.90 Å². The van der Waals surface area contributed by atoms with Gasteiger partial charge in [0.1, 0.15) is 5.82 Å². The molecule has 0 saturated carbocycles. The van der Waals surface area contributed by atoms with Crippen LogP contribution < -0.4 is 0 Å². The molecule has 1 aromatic rings. The minimum Gasteiger partial charge on any atom is -0.309 e. The summed E-state index contributed by atoms with van der Waals surface area (Å²) in [6.45, 7) is 3.12. The fourth-order valence-corrected chi connectivity index (χ4v) is 1.74. The molecule has 0 unspecified atom stereocenters. The Morgan fingerprint density at radius 3 is 2.77 bits per heavy atom. The normalized spacial score (nSPS) is 11.1. The Hall–Kier alpha value is -0.550. The summed E-state index contributed by atoms with van der Waals surface area (Å²) in [5.41, 5.74) is 0. The molecule has 0 atom stereocenters. The third kappa shape index (κ3) is 3.78. The van der Waals surface area contributed by atoms with Crippen molar-refractivity contribution in [2.24, 2.45) is 0 Å². The smallest absolute Gasteiger partial charge is 0.208 e. The third-order valence-corrected chi connectivity index (χ3v) is 2.44. The lowest BCUT2D eigenvalue weighted by Gasteiger charge is -2.06. The largest absolute Gasteiger partial charge is 0.309 e. The van der Waals surface area contributed by atoms with Crippen molar-refractivity contribution >= 4 is 11.8 Å². The van der Waals surface area contributed by atoms with Crippen molar-refractivity contribution in [1.82, 2.24) is 20.1 Å². The van der Waals surface area contributed by atoms with E-state index in [2.05, 4.69) is 41.1 Å². The van der Waals surface area contributed by atoms with Gasteiger partial charge in [-0.1, -0.05) is 18.7 Å². The predicted octanol–water partition coefficient (Wildman–Crippen LogP) is 1.02.